The number of phenols is 3. The summed E-state index contributed by atoms with van der Waals surface area (Å²) >= 11 is 0. The maximum absolute atomic E-state index is 11.4. The minimum atomic E-state index is 0.00666. The Morgan fingerprint density at radius 1 is 0.343 bits per heavy atom. The molecule has 12 heterocycles. The van der Waals surface area contributed by atoms with E-state index >= 15 is 0 Å². The largest absolute Gasteiger partial charge is 0.504 e. The van der Waals surface area contributed by atoms with Gasteiger partial charge in [-0.1, -0.05) is 36.4 Å². The third-order valence-electron chi connectivity index (χ3n) is 12.4. The van der Waals surface area contributed by atoms with E-state index in [1.807, 2.05) is 54.6 Å². The summed E-state index contributed by atoms with van der Waals surface area (Å²) in [6.45, 7) is 8.90. The maximum Gasteiger partial charge on any atom is 0.161 e. The van der Waals surface area contributed by atoms with E-state index in [0.29, 0.717) is 36.5 Å². The molecular formula is C54H60N4O9. The van der Waals surface area contributed by atoms with Gasteiger partial charge in [-0.2, -0.15) is 0 Å². The topological polar surface area (TPSA) is 155 Å². The zero-order valence-corrected chi connectivity index (χ0v) is 37.9. The first-order valence-electron chi connectivity index (χ1n) is 23.3. The number of fused-ring (bicyclic) bond motifs is 1. The monoisotopic (exact) mass is 908 g/mol. The standard InChI is InChI=1S/C54H60N4O9/c59-49-28-40-26-44-32-53-51(61)30-42(44)27-45-33-54-50(60)29-41(45)25-43(40)31-52(49)65-22-19-62-46-7-1-37(2-8-46)34-55-13-16-58(17-14-56-35-38-3-9-47(10-4-38)63-20-23-66-53)18-15-57-36-39-5-11-48(12-6-39)64-21-24-67-54/h1-12,28-33,55-57,59-61H,13-27,34-36H2. The number of phenolic OH excluding ortho intramolecular Hbond substituents is 3. The second-order valence-electron chi connectivity index (χ2n) is 17.2. The van der Waals surface area contributed by atoms with Crippen molar-refractivity contribution in [2.45, 2.75) is 38.9 Å². The van der Waals surface area contributed by atoms with E-state index in [9.17, 15) is 15.3 Å². The van der Waals surface area contributed by atoms with Crippen LogP contribution in [0.3, 0.4) is 0 Å². The molecule has 0 spiro atoms. The van der Waals surface area contributed by atoms with E-state index in [4.69, 9.17) is 28.4 Å². The number of ether oxygens (including phenoxy) is 6. The molecule has 0 saturated heterocycles. The maximum atomic E-state index is 11.4. The third kappa shape index (κ3) is 12.4. The van der Waals surface area contributed by atoms with E-state index in [1.165, 1.54) is 0 Å². The van der Waals surface area contributed by atoms with Gasteiger partial charge in [-0.05, 0) is 142 Å². The summed E-state index contributed by atoms with van der Waals surface area (Å²) in [6.07, 6.45) is 1.33. The van der Waals surface area contributed by atoms with Gasteiger partial charge in [0.2, 0.25) is 0 Å². The highest BCUT2D eigenvalue weighted by molar-refractivity contribution is 5.57. The Balaban J connectivity index is 1.04. The van der Waals surface area contributed by atoms with Gasteiger partial charge in [-0.3, -0.25) is 4.90 Å². The zero-order valence-electron chi connectivity index (χ0n) is 37.9. The molecule has 0 radical (unpaired) electrons. The molecular weight excluding hydrogens is 849 g/mol. The number of nitrogens with zero attached hydrogens (tertiary/aromatic N) is 1. The lowest BCUT2D eigenvalue weighted by molar-refractivity contribution is 0.212. The SMILES string of the molecule is Oc1cc2c3cc1OCCOc1ccc(cc1)CNCCN1CCNCc4ccc(cc4)OCCOc4cc(c(cc4O)C3)Cc3cc(O)c(cc3C2)OCCOc2ccc(cc2)CNCC1. The van der Waals surface area contributed by atoms with E-state index in [-0.39, 0.29) is 56.9 Å². The Bertz CT molecular complexity index is 2290. The molecule has 6 aromatic rings. The number of benzene rings is 6. The lowest BCUT2D eigenvalue weighted by Gasteiger charge is -2.23. The molecule has 350 valence electrons. The molecule has 1 aliphatic carbocycles. The van der Waals surface area contributed by atoms with E-state index in [2.05, 4.69) is 57.2 Å². The Morgan fingerprint density at radius 3 is 0.910 bits per heavy atom. The summed E-state index contributed by atoms with van der Waals surface area (Å²) in [6, 6.07) is 35.1. The first-order valence-corrected chi connectivity index (χ1v) is 23.3. The van der Waals surface area contributed by atoms with Crippen molar-refractivity contribution < 1.29 is 43.7 Å². The molecule has 0 saturated carbocycles. The van der Waals surface area contributed by atoms with Gasteiger partial charge in [0.05, 0.1) is 0 Å². The highest BCUT2D eigenvalue weighted by Crippen LogP contribution is 2.40. The predicted octanol–water partition coefficient (Wildman–Crippen LogP) is 6.86. The van der Waals surface area contributed by atoms with Crippen LogP contribution in [0.15, 0.2) is 109 Å². The van der Waals surface area contributed by atoms with Gasteiger partial charge < -0.3 is 59.7 Å². The number of nitrogens with one attached hydrogen (secondary N) is 3. The average molecular weight is 909 g/mol. The van der Waals surface area contributed by atoms with Gasteiger partial charge in [-0.25, -0.2) is 0 Å². The average Bonchev–Trinajstić information content (AvgIpc) is 3.38. The summed E-state index contributed by atoms with van der Waals surface area (Å²) < 4.78 is 36.6. The Labute approximate surface area is 392 Å². The number of aromatic hydroxyl groups is 3. The molecule has 0 amide bonds. The summed E-state index contributed by atoms with van der Waals surface area (Å²) in [4.78, 5) is 2.47. The van der Waals surface area contributed by atoms with Crippen LogP contribution in [0.2, 0.25) is 0 Å². The number of hydrogen-bond donors (Lipinski definition) is 6. The van der Waals surface area contributed by atoms with Crippen LogP contribution in [0, 0.1) is 0 Å². The highest BCUT2D eigenvalue weighted by Gasteiger charge is 2.22. The molecule has 16 bridgehead atoms. The third-order valence-corrected chi connectivity index (χ3v) is 12.4. The molecule has 6 N–H and O–H groups in total. The van der Waals surface area contributed by atoms with Crippen molar-refractivity contribution >= 4 is 0 Å². The molecule has 19 rings (SSSR count). The van der Waals surface area contributed by atoms with Gasteiger partial charge in [0.25, 0.3) is 0 Å². The summed E-state index contributed by atoms with van der Waals surface area (Å²) in [5.41, 5.74) is 8.85. The lowest BCUT2D eigenvalue weighted by Crippen LogP contribution is -2.40. The molecule has 67 heavy (non-hydrogen) atoms. The van der Waals surface area contributed by atoms with Crippen LogP contribution in [-0.2, 0) is 38.9 Å². The summed E-state index contributed by atoms with van der Waals surface area (Å²) in [5, 5.41) is 45.0. The predicted molar refractivity (Wildman–Crippen MR) is 257 cm³/mol. The molecule has 6 aromatic carbocycles. The minimum absolute atomic E-state index is 0.00666. The van der Waals surface area contributed by atoms with Crippen LogP contribution in [0.1, 0.15) is 50.1 Å². The van der Waals surface area contributed by atoms with E-state index < -0.39 is 0 Å². The molecule has 0 unspecified atom stereocenters. The molecule has 13 aliphatic rings. The van der Waals surface area contributed by atoms with Crippen molar-refractivity contribution in [2.75, 3.05) is 78.9 Å². The molecule has 0 fully saturated rings. The first-order chi connectivity index (χ1) is 32.9. The van der Waals surface area contributed by atoms with Crippen molar-refractivity contribution in [2.24, 2.45) is 0 Å². The highest BCUT2D eigenvalue weighted by atomic mass is 16.5. The van der Waals surface area contributed by atoms with Crippen LogP contribution in [0.4, 0.5) is 0 Å². The van der Waals surface area contributed by atoms with Crippen molar-refractivity contribution in [3.8, 4) is 51.7 Å². The second-order valence-corrected chi connectivity index (χ2v) is 17.2. The second kappa shape index (κ2) is 22.2. The van der Waals surface area contributed by atoms with Gasteiger partial charge in [0, 0.05) is 58.9 Å². The molecule has 12 aliphatic heterocycles. The molecule has 13 heteroatoms. The lowest BCUT2D eigenvalue weighted by atomic mass is 9.94. The number of hydrogen-bond acceptors (Lipinski definition) is 13. The zero-order chi connectivity index (χ0) is 45.8. The fourth-order valence-corrected chi connectivity index (χ4v) is 8.70. The number of rotatable bonds is 0. The van der Waals surface area contributed by atoms with Gasteiger partial charge in [0.15, 0.2) is 34.5 Å². The van der Waals surface area contributed by atoms with Gasteiger partial charge >= 0.3 is 0 Å². The van der Waals surface area contributed by atoms with Crippen molar-refractivity contribution in [1.29, 1.82) is 0 Å². The Kier molecular flexibility index (Phi) is 15.1. The Morgan fingerprint density at radius 2 is 0.612 bits per heavy atom. The first kappa shape index (κ1) is 45.5. The van der Waals surface area contributed by atoms with Crippen LogP contribution >= 0.6 is 0 Å². The van der Waals surface area contributed by atoms with Crippen molar-refractivity contribution in [3.05, 3.63) is 159 Å². The van der Waals surface area contributed by atoms with Crippen LogP contribution < -0.4 is 44.4 Å². The van der Waals surface area contributed by atoms with Crippen molar-refractivity contribution in [1.82, 2.24) is 20.9 Å². The fourth-order valence-electron chi connectivity index (χ4n) is 8.70. The normalized spacial score (nSPS) is 16.8. The minimum Gasteiger partial charge on any atom is -0.504 e. The summed E-state index contributed by atoms with van der Waals surface area (Å²) in [7, 11) is 0. The molecule has 0 aromatic heterocycles. The smallest absolute Gasteiger partial charge is 0.161 e. The quantitative estimate of drug-likeness (QED) is 0.0940. The molecule has 13 nitrogen and oxygen atoms in total. The van der Waals surface area contributed by atoms with Crippen LogP contribution in [-0.4, -0.2) is 99.1 Å². The van der Waals surface area contributed by atoms with Gasteiger partial charge in [0.1, 0.15) is 56.9 Å². The fraction of sp³-hybridized carbons (Fsp3) is 0.333. The Hall–Kier alpha value is -6.64. The van der Waals surface area contributed by atoms with Crippen LogP contribution in [0.25, 0.3) is 0 Å². The molecule has 0 atom stereocenters. The van der Waals surface area contributed by atoms with Crippen LogP contribution in [0.5, 0.6) is 51.7 Å². The van der Waals surface area contributed by atoms with Crippen molar-refractivity contribution in [3.63, 3.8) is 0 Å². The van der Waals surface area contributed by atoms with E-state index in [1.54, 1.807) is 18.2 Å². The van der Waals surface area contributed by atoms with Gasteiger partial charge in [-0.15, -0.1) is 0 Å². The van der Waals surface area contributed by atoms with E-state index in [0.717, 1.165) is 126 Å². The summed E-state index contributed by atoms with van der Waals surface area (Å²) in [5.74, 6) is 3.24.